The van der Waals surface area contributed by atoms with Gasteiger partial charge in [0.15, 0.2) is 0 Å². The van der Waals surface area contributed by atoms with Crippen LogP contribution in [0.25, 0.3) is 0 Å². The summed E-state index contributed by atoms with van der Waals surface area (Å²) < 4.78 is 65.8. The lowest BCUT2D eigenvalue weighted by Gasteiger charge is -2.38. The lowest BCUT2D eigenvalue weighted by Crippen LogP contribution is -2.47. The molecule has 2 aromatic carbocycles. The van der Waals surface area contributed by atoms with Crippen LogP contribution in [0, 0.1) is 6.92 Å². The molecular formula is C25H34ClN3O7S2. The molecule has 210 valence electrons. The number of benzene rings is 2. The van der Waals surface area contributed by atoms with E-state index in [0.717, 1.165) is 0 Å². The Kier molecular flexibility index (Phi) is 9.05. The molecule has 0 aliphatic carbocycles. The van der Waals surface area contributed by atoms with Crippen LogP contribution in [0.1, 0.15) is 24.8 Å². The maximum absolute atomic E-state index is 13.2. The Hall–Kier alpha value is -1.77. The maximum atomic E-state index is 13.2. The Bertz CT molecular complexity index is 1350. The molecule has 0 aromatic heterocycles. The second-order valence-corrected chi connectivity index (χ2v) is 14.0. The Morgan fingerprint density at radius 3 is 2.63 bits per heavy atom. The van der Waals surface area contributed by atoms with Crippen molar-refractivity contribution in [3.8, 4) is 5.75 Å². The van der Waals surface area contributed by atoms with Crippen molar-refractivity contribution in [2.75, 3.05) is 39.9 Å². The predicted molar refractivity (Wildman–Crippen MR) is 143 cm³/mol. The molecule has 3 N–H and O–H groups in total. The van der Waals surface area contributed by atoms with E-state index in [4.69, 9.17) is 21.1 Å². The molecule has 2 aliphatic rings. The lowest BCUT2D eigenvalue weighted by atomic mass is 9.88. The van der Waals surface area contributed by atoms with E-state index in [1.165, 1.54) is 29.6 Å². The van der Waals surface area contributed by atoms with Crippen molar-refractivity contribution in [1.29, 1.82) is 0 Å². The minimum Gasteiger partial charge on any atom is -0.491 e. The molecule has 4 rings (SSSR count). The quantitative estimate of drug-likeness (QED) is 0.384. The Balaban J connectivity index is 1.24. The molecule has 2 atom stereocenters. The SMILES string of the molecule is CNS(=O)(=O)c1cccc(OCC(O)CNC2COC3(CCN(S(=O)(=O)c4cc(Cl)ccc4C)CC3)C2)c1. The average molecular weight is 588 g/mol. The number of halogens is 1. The van der Waals surface area contributed by atoms with Gasteiger partial charge in [0.05, 0.1) is 22.0 Å². The first kappa shape index (κ1) is 29.2. The van der Waals surface area contributed by atoms with E-state index >= 15 is 0 Å². The second-order valence-electron chi connectivity index (χ2n) is 9.76. The maximum Gasteiger partial charge on any atom is 0.243 e. The van der Waals surface area contributed by atoms with Crippen LogP contribution in [0.4, 0.5) is 0 Å². The third kappa shape index (κ3) is 6.68. The van der Waals surface area contributed by atoms with Crippen LogP contribution in [0.3, 0.4) is 0 Å². The van der Waals surface area contributed by atoms with Crippen molar-refractivity contribution in [2.45, 2.75) is 53.7 Å². The van der Waals surface area contributed by atoms with Crippen LogP contribution < -0.4 is 14.8 Å². The van der Waals surface area contributed by atoms with Crippen molar-refractivity contribution in [3.05, 3.63) is 53.1 Å². The van der Waals surface area contributed by atoms with E-state index in [1.807, 2.05) is 0 Å². The molecular weight excluding hydrogens is 554 g/mol. The molecule has 2 aliphatic heterocycles. The van der Waals surface area contributed by atoms with Crippen molar-refractivity contribution in [1.82, 2.24) is 14.3 Å². The van der Waals surface area contributed by atoms with Gasteiger partial charge < -0.3 is 19.9 Å². The fraction of sp³-hybridized carbons (Fsp3) is 0.520. The summed E-state index contributed by atoms with van der Waals surface area (Å²) in [6.45, 7) is 3.21. The highest BCUT2D eigenvalue weighted by Crippen LogP contribution is 2.38. The molecule has 2 heterocycles. The summed E-state index contributed by atoms with van der Waals surface area (Å²) in [5, 5.41) is 14.1. The first-order chi connectivity index (χ1) is 17.9. The highest BCUT2D eigenvalue weighted by Gasteiger charge is 2.45. The summed E-state index contributed by atoms with van der Waals surface area (Å²) in [5.74, 6) is 0.346. The molecule has 0 radical (unpaired) electrons. The molecule has 2 aromatic rings. The van der Waals surface area contributed by atoms with E-state index in [2.05, 4.69) is 10.0 Å². The van der Waals surface area contributed by atoms with Crippen molar-refractivity contribution >= 4 is 31.6 Å². The second kappa shape index (κ2) is 11.8. The molecule has 38 heavy (non-hydrogen) atoms. The number of hydrogen-bond acceptors (Lipinski definition) is 8. The zero-order valence-corrected chi connectivity index (χ0v) is 23.8. The first-order valence-corrected chi connectivity index (χ1v) is 15.7. The molecule has 13 heteroatoms. The Labute approximate surface area is 229 Å². The number of aliphatic hydroxyl groups is 1. The summed E-state index contributed by atoms with van der Waals surface area (Å²) in [7, 11) is -5.89. The number of sulfonamides is 2. The van der Waals surface area contributed by atoms with Gasteiger partial charge in [-0.25, -0.2) is 21.6 Å². The minimum absolute atomic E-state index is 0.00941. The average Bonchev–Trinajstić information content (AvgIpc) is 3.30. The summed E-state index contributed by atoms with van der Waals surface area (Å²) >= 11 is 6.05. The third-order valence-electron chi connectivity index (χ3n) is 7.08. The van der Waals surface area contributed by atoms with Crippen LogP contribution in [0.15, 0.2) is 52.3 Å². The van der Waals surface area contributed by atoms with Gasteiger partial charge in [-0.15, -0.1) is 0 Å². The summed E-state index contributed by atoms with van der Waals surface area (Å²) in [5.41, 5.74) is 0.266. The van der Waals surface area contributed by atoms with Gasteiger partial charge in [-0.3, -0.25) is 0 Å². The zero-order valence-electron chi connectivity index (χ0n) is 21.4. The number of nitrogens with zero attached hydrogens (tertiary/aromatic N) is 1. The van der Waals surface area contributed by atoms with E-state index in [1.54, 1.807) is 31.2 Å². The first-order valence-electron chi connectivity index (χ1n) is 12.4. The van der Waals surface area contributed by atoms with Gasteiger partial charge in [0.2, 0.25) is 20.0 Å². The topological polar surface area (TPSA) is 134 Å². The number of rotatable bonds is 10. The molecule has 0 saturated carbocycles. The predicted octanol–water partition coefficient (Wildman–Crippen LogP) is 1.90. The minimum atomic E-state index is -3.64. The van der Waals surface area contributed by atoms with Crippen LogP contribution >= 0.6 is 11.6 Å². The van der Waals surface area contributed by atoms with Crippen molar-refractivity contribution < 1.29 is 31.4 Å². The molecule has 2 unspecified atom stereocenters. The fourth-order valence-corrected chi connectivity index (χ4v) is 7.55. The Morgan fingerprint density at radius 1 is 1.18 bits per heavy atom. The van der Waals surface area contributed by atoms with Gasteiger partial charge in [0, 0.05) is 36.8 Å². The van der Waals surface area contributed by atoms with Gasteiger partial charge in [-0.05, 0) is 63.1 Å². The number of piperidine rings is 1. The molecule has 0 bridgehead atoms. The monoisotopic (exact) mass is 587 g/mol. The normalized spacial score (nSPS) is 21.0. The smallest absolute Gasteiger partial charge is 0.243 e. The summed E-state index contributed by atoms with van der Waals surface area (Å²) in [6.07, 6.45) is 1.07. The van der Waals surface area contributed by atoms with E-state index in [9.17, 15) is 21.9 Å². The number of aryl methyl sites for hydroxylation is 1. The van der Waals surface area contributed by atoms with Crippen LogP contribution in [-0.4, -0.2) is 83.9 Å². The van der Waals surface area contributed by atoms with Crippen LogP contribution in [0.2, 0.25) is 5.02 Å². The largest absolute Gasteiger partial charge is 0.491 e. The van der Waals surface area contributed by atoms with E-state index in [0.29, 0.717) is 55.3 Å². The zero-order chi connectivity index (χ0) is 27.6. The number of ether oxygens (including phenoxy) is 2. The number of aliphatic hydroxyl groups excluding tert-OH is 1. The fourth-order valence-electron chi connectivity index (χ4n) is 4.85. The van der Waals surface area contributed by atoms with Crippen molar-refractivity contribution in [3.63, 3.8) is 0 Å². The highest BCUT2D eigenvalue weighted by molar-refractivity contribution is 7.89. The van der Waals surface area contributed by atoms with Gasteiger partial charge in [-0.2, -0.15) is 4.31 Å². The molecule has 2 fully saturated rings. The third-order valence-corrected chi connectivity index (χ3v) is 10.8. The van der Waals surface area contributed by atoms with Crippen LogP contribution in [0.5, 0.6) is 5.75 Å². The van der Waals surface area contributed by atoms with E-state index < -0.39 is 31.8 Å². The van der Waals surface area contributed by atoms with Gasteiger partial charge in [0.25, 0.3) is 0 Å². The van der Waals surface area contributed by atoms with Crippen molar-refractivity contribution in [2.24, 2.45) is 0 Å². The highest BCUT2D eigenvalue weighted by atomic mass is 35.5. The lowest BCUT2D eigenvalue weighted by molar-refractivity contribution is -0.0312. The summed E-state index contributed by atoms with van der Waals surface area (Å²) in [6, 6.07) is 11.0. The molecule has 1 spiro atoms. The standard InChI is InChI=1S/C25H34ClN3O7S2/c1-18-6-7-19(26)12-24(18)38(33,34)29-10-8-25(9-11-29)14-20(16-36-25)28-15-21(30)17-35-22-4-3-5-23(13-22)37(31,32)27-2/h3-7,12-13,20-21,27-28,30H,8-11,14-17H2,1-2H3. The molecule has 10 nitrogen and oxygen atoms in total. The number of hydrogen-bond donors (Lipinski definition) is 3. The summed E-state index contributed by atoms with van der Waals surface area (Å²) in [4.78, 5) is 0.319. The molecule has 0 amide bonds. The van der Waals surface area contributed by atoms with Gasteiger partial charge in [-0.1, -0.05) is 23.7 Å². The van der Waals surface area contributed by atoms with Gasteiger partial charge in [0.1, 0.15) is 18.5 Å². The van der Waals surface area contributed by atoms with Gasteiger partial charge >= 0.3 is 0 Å². The Morgan fingerprint density at radius 2 is 1.92 bits per heavy atom. The van der Waals surface area contributed by atoms with Crippen LogP contribution in [-0.2, 0) is 24.8 Å². The number of nitrogens with one attached hydrogen (secondary N) is 2. The van der Waals surface area contributed by atoms with E-state index in [-0.39, 0.29) is 29.0 Å². The molecule has 2 saturated heterocycles.